The molecular formula is C15H13FN2. The van der Waals surface area contributed by atoms with E-state index in [1.165, 1.54) is 11.6 Å². The minimum atomic E-state index is -0.204. The number of halogens is 1. The number of nitrogens with zero attached hydrogens (tertiary/aromatic N) is 2. The Morgan fingerprint density at radius 1 is 1.22 bits per heavy atom. The zero-order valence-corrected chi connectivity index (χ0v) is 10.1. The molecule has 0 saturated heterocycles. The number of benzene rings is 1. The van der Waals surface area contributed by atoms with Gasteiger partial charge in [0.05, 0.1) is 11.7 Å². The molecule has 3 heteroatoms. The van der Waals surface area contributed by atoms with Crippen molar-refractivity contribution in [2.45, 2.75) is 13.3 Å². The lowest BCUT2D eigenvalue weighted by molar-refractivity contribution is 0.625. The third-order valence-electron chi connectivity index (χ3n) is 3.00. The second kappa shape index (κ2) is 4.26. The minimum Gasteiger partial charge on any atom is -0.303 e. The number of hydrogen-bond donors (Lipinski definition) is 0. The molecule has 0 unspecified atom stereocenters. The standard InChI is InChI=1S/C15H13FN2/c1-11-5-6-14-9-17-15(18(14)10-11)8-12-3-2-4-13(16)7-12/h2-7,9-10H,8H2,1H3. The first-order valence-electron chi connectivity index (χ1n) is 5.89. The van der Waals surface area contributed by atoms with Crippen LogP contribution in [-0.2, 0) is 6.42 Å². The van der Waals surface area contributed by atoms with E-state index in [0.717, 1.165) is 16.9 Å². The van der Waals surface area contributed by atoms with E-state index in [-0.39, 0.29) is 5.82 Å². The SMILES string of the molecule is Cc1ccc2cnc(Cc3cccc(F)c3)n2c1. The highest BCUT2D eigenvalue weighted by atomic mass is 19.1. The van der Waals surface area contributed by atoms with Crippen LogP contribution in [0, 0.1) is 12.7 Å². The van der Waals surface area contributed by atoms with E-state index in [1.807, 2.05) is 25.3 Å². The maximum Gasteiger partial charge on any atom is 0.123 e. The second-order valence-electron chi connectivity index (χ2n) is 4.48. The van der Waals surface area contributed by atoms with E-state index in [2.05, 4.69) is 21.6 Å². The Balaban J connectivity index is 2.02. The summed E-state index contributed by atoms with van der Waals surface area (Å²) in [5, 5.41) is 0. The van der Waals surface area contributed by atoms with E-state index in [0.29, 0.717) is 6.42 Å². The number of aromatic nitrogens is 2. The third-order valence-corrected chi connectivity index (χ3v) is 3.00. The van der Waals surface area contributed by atoms with Crippen molar-refractivity contribution >= 4 is 5.52 Å². The highest BCUT2D eigenvalue weighted by molar-refractivity contribution is 5.47. The molecule has 0 spiro atoms. The smallest absolute Gasteiger partial charge is 0.123 e. The summed E-state index contributed by atoms with van der Waals surface area (Å²) in [6.45, 7) is 2.05. The molecule has 0 bridgehead atoms. The number of imidazole rings is 1. The van der Waals surface area contributed by atoms with Gasteiger partial charge < -0.3 is 4.40 Å². The zero-order chi connectivity index (χ0) is 12.5. The van der Waals surface area contributed by atoms with Crippen LogP contribution in [0.25, 0.3) is 5.52 Å². The van der Waals surface area contributed by atoms with Crippen LogP contribution in [0.1, 0.15) is 17.0 Å². The Morgan fingerprint density at radius 3 is 2.94 bits per heavy atom. The fourth-order valence-corrected chi connectivity index (χ4v) is 2.11. The summed E-state index contributed by atoms with van der Waals surface area (Å²) in [5.41, 5.74) is 3.18. The van der Waals surface area contributed by atoms with Gasteiger partial charge in [-0.25, -0.2) is 9.37 Å². The molecule has 2 aromatic heterocycles. The van der Waals surface area contributed by atoms with Crippen LogP contribution in [0.3, 0.4) is 0 Å². The lowest BCUT2D eigenvalue weighted by Gasteiger charge is -2.03. The molecule has 0 aliphatic rings. The normalized spacial score (nSPS) is 11.0. The molecule has 0 aliphatic heterocycles. The Bertz CT molecular complexity index is 701. The lowest BCUT2D eigenvalue weighted by atomic mass is 10.1. The molecule has 2 nitrogen and oxygen atoms in total. The number of hydrogen-bond acceptors (Lipinski definition) is 1. The minimum absolute atomic E-state index is 0.204. The van der Waals surface area contributed by atoms with Gasteiger partial charge in [0.2, 0.25) is 0 Å². The van der Waals surface area contributed by atoms with Crippen molar-refractivity contribution in [1.82, 2.24) is 9.38 Å². The molecule has 0 saturated carbocycles. The van der Waals surface area contributed by atoms with Gasteiger partial charge in [0.1, 0.15) is 11.6 Å². The fourth-order valence-electron chi connectivity index (χ4n) is 2.11. The molecule has 18 heavy (non-hydrogen) atoms. The van der Waals surface area contributed by atoms with Crippen molar-refractivity contribution in [2.75, 3.05) is 0 Å². The summed E-state index contributed by atoms with van der Waals surface area (Å²) in [7, 11) is 0. The Hall–Kier alpha value is -2.16. The lowest BCUT2D eigenvalue weighted by Crippen LogP contribution is -1.97. The molecule has 0 amide bonds. The first-order chi connectivity index (χ1) is 8.72. The monoisotopic (exact) mass is 240 g/mol. The molecule has 3 rings (SSSR count). The molecule has 2 heterocycles. The first kappa shape index (κ1) is 11.0. The van der Waals surface area contributed by atoms with Crippen LogP contribution < -0.4 is 0 Å². The van der Waals surface area contributed by atoms with Crippen LogP contribution in [-0.4, -0.2) is 9.38 Å². The average molecular weight is 240 g/mol. The van der Waals surface area contributed by atoms with E-state index in [1.54, 1.807) is 12.1 Å². The van der Waals surface area contributed by atoms with Gasteiger partial charge in [0.15, 0.2) is 0 Å². The molecule has 0 radical (unpaired) electrons. The topological polar surface area (TPSA) is 17.3 Å². The predicted molar refractivity (Wildman–Crippen MR) is 69.1 cm³/mol. The molecule has 0 N–H and O–H groups in total. The number of pyridine rings is 1. The van der Waals surface area contributed by atoms with Crippen LogP contribution in [0.5, 0.6) is 0 Å². The van der Waals surface area contributed by atoms with Gasteiger partial charge in [-0.3, -0.25) is 0 Å². The van der Waals surface area contributed by atoms with Crippen molar-refractivity contribution in [3.05, 3.63) is 71.6 Å². The highest BCUT2D eigenvalue weighted by Crippen LogP contribution is 2.13. The summed E-state index contributed by atoms with van der Waals surface area (Å²) in [5.74, 6) is 0.726. The molecule has 3 aromatic rings. The van der Waals surface area contributed by atoms with Crippen LogP contribution in [0.4, 0.5) is 4.39 Å². The molecule has 90 valence electrons. The third kappa shape index (κ3) is 1.99. The molecular weight excluding hydrogens is 227 g/mol. The molecule has 0 aliphatic carbocycles. The van der Waals surface area contributed by atoms with Crippen LogP contribution in [0.2, 0.25) is 0 Å². The van der Waals surface area contributed by atoms with E-state index >= 15 is 0 Å². The quantitative estimate of drug-likeness (QED) is 0.671. The van der Waals surface area contributed by atoms with Gasteiger partial charge in [-0.1, -0.05) is 18.2 Å². The van der Waals surface area contributed by atoms with Crippen LogP contribution >= 0.6 is 0 Å². The number of rotatable bonds is 2. The van der Waals surface area contributed by atoms with Crippen molar-refractivity contribution in [2.24, 2.45) is 0 Å². The highest BCUT2D eigenvalue weighted by Gasteiger charge is 2.05. The Labute approximate surface area is 105 Å². The second-order valence-corrected chi connectivity index (χ2v) is 4.48. The zero-order valence-electron chi connectivity index (χ0n) is 10.1. The van der Waals surface area contributed by atoms with Crippen molar-refractivity contribution in [3.8, 4) is 0 Å². The Morgan fingerprint density at radius 2 is 2.11 bits per heavy atom. The summed E-state index contributed by atoms with van der Waals surface area (Å²) in [6, 6.07) is 10.8. The first-order valence-corrected chi connectivity index (χ1v) is 5.89. The summed E-state index contributed by atoms with van der Waals surface area (Å²) < 4.78 is 15.2. The fraction of sp³-hybridized carbons (Fsp3) is 0.133. The van der Waals surface area contributed by atoms with Crippen molar-refractivity contribution in [3.63, 3.8) is 0 Å². The number of fused-ring (bicyclic) bond motifs is 1. The summed E-state index contributed by atoms with van der Waals surface area (Å²) in [6.07, 6.45) is 4.53. The largest absolute Gasteiger partial charge is 0.303 e. The van der Waals surface area contributed by atoms with E-state index in [9.17, 15) is 4.39 Å². The number of aryl methyl sites for hydroxylation is 1. The van der Waals surface area contributed by atoms with Crippen molar-refractivity contribution < 1.29 is 4.39 Å². The Kier molecular flexibility index (Phi) is 2.59. The average Bonchev–Trinajstić information content (AvgIpc) is 2.72. The van der Waals surface area contributed by atoms with Gasteiger partial charge in [-0.05, 0) is 36.2 Å². The molecule has 0 fully saturated rings. The summed E-state index contributed by atoms with van der Waals surface area (Å²) >= 11 is 0. The summed E-state index contributed by atoms with van der Waals surface area (Å²) in [4.78, 5) is 4.40. The van der Waals surface area contributed by atoms with Gasteiger partial charge in [0.25, 0.3) is 0 Å². The van der Waals surface area contributed by atoms with Gasteiger partial charge >= 0.3 is 0 Å². The van der Waals surface area contributed by atoms with Gasteiger partial charge in [-0.15, -0.1) is 0 Å². The van der Waals surface area contributed by atoms with E-state index in [4.69, 9.17) is 0 Å². The predicted octanol–water partition coefficient (Wildman–Crippen LogP) is 3.37. The van der Waals surface area contributed by atoms with Crippen LogP contribution in [0.15, 0.2) is 48.8 Å². The maximum absolute atomic E-state index is 13.1. The van der Waals surface area contributed by atoms with Gasteiger partial charge in [0, 0.05) is 12.6 Å². The van der Waals surface area contributed by atoms with E-state index < -0.39 is 0 Å². The van der Waals surface area contributed by atoms with Gasteiger partial charge in [-0.2, -0.15) is 0 Å². The maximum atomic E-state index is 13.1. The molecule has 1 aromatic carbocycles. The van der Waals surface area contributed by atoms with Crippen molar-refractivity contribution in [1.29, 1.82) is 0 Å². The molecule has 0 atom stereocenters.